The van der Waals surface area contributed by atoms with Crippen LogP contribution in [0.3, 0.4) is 0 Å². The number of ether oxygens (including phenoxy) is 1. The maximum atomic E-state index is 12.0. The van der Waals surface area contributed by atoms with Crippen LogP contribution >= 0.6 is 27.5 Å². The first-order chi connectivity index (χ1) is 9.11. The second-order valence-corrected chi connectivity index (χ2v) is 6.11. The molecule has 1 aliphatic rings. The summed E-state index contributed by atoms with van der Waals surface area (Å²) in [5, 5.41) is 0. The normalized spacial score (nSPS) is 15.9. The topological polar surface area (TPSA) is 29.5 Å². The standard InChI is InChI=1S/C14H17BrClNO2/c1-10(4-6-16)5-7-17-12-8-11(15)2-3-13(12)19-9-14(17)18/h2-3,8,10H,4-7,9H2,1H3. The van der Waals surface area contributed by atoms with Crippen LogP contribution in [0.5, 0.6) is 5.75 Å². The van der Waals surface area contributed by atoms with Gasteiger partial charge in [0, 0.05) is 16.9 Å². The van der Waals surface area contributed by atoms with Gasteiger partial charge < -0.3 is 9.64 Å². The molecular formula is C14H17BrClNO2. The zero-order valence-corrected chi connectivity index (χ0v) is 13.2. The van der Waals surface area contributed by atoms with Gasteiger partial charge in [0.2, 0.25) is 0 Å². The van der Waals surface area contributed by atoms with Gasteiger partial charge in [-0.2, -0.15) is 0 Å². The Morgan fingerprint density at radius 3 is 3.00 bits per heavy atom. The highest BCUT2D eigenvalue weighted by molar-refractivity contribution is 9.10. The highest BCUT2D eigenvalue weighted by Crippen LogP contribution is 2.34. The highest BCUT2D eigenvalue weighted by atomic mass is 79.9. The lowest BCUT2D eigenvalue weighted by molar-refractivity contribution is -0.121. The lowest BCUT2D eigenvalue weighted by Crippen LogP contribution is -2.39. The Labute approximate surface area is 127 Å². The van der Waals surface area contributed by atoms with Crippen LogP contribution in [0.2, 0.25) is 0 Å². The lowest BCUT2D eigenvalue weighted by atomic mass is 10.0. The van der Waals surface area contributed by atoms with Crippen molar-refractivity contribution < 1.29 is 9.53 Å². The van der Waals surface area contributed by atoms with Gasteiger partial charge in [-0.05, 0) is 37.0 Å². The molecule has 0 radical (unpaired) electrons. The fraction of sp³-hybridized carbons (Fsp3) is 0.500. The Hall–Kier alpha value is -0.740. The van der Waals surface area contributed by atoms with E-state index in [1.807, 2.05) is 23.1 Å². The van der Waals surface area contributed by atoms with Gasteiger partial charge in [-0.25, -0.2) is 0 Å². The third-order valence-electron chi connectivity index (χ3n) is 3.31. The smallest absolute Gasteiger partial charge is 0.265 e. The van der Waals surface area contributed by atoms with Crippen molar-refractivity contribution in [3.05, 3.63) is 22.7 Å². The van der Waals surface area contributed by atoms with Crippen LogP contribution in [0.25, 0.3) is 0 Å². The van der Waals surface area contributed by atoms with Crippen molar-refractivity contribution in [2.45, 2.75) is 19.8 Å². The molecule has 1 heterocycles. The summed E-state index contributed by atoms with van der Waals surface area (Å²) in [6.07, 6.45) is 1.93. The molecule has 1 amide bonds. The summed E-state index contributed by atoms with van der Waals surface area (Å²) in [6.45, 7) is 3.00. The number of nitrogens with zero attached hydrogens (tertiary/aromatic N) is 1. The maximum Gasteiger partial charge on any atom is 0.265 e. The van der Waals surface area contributed by atoms with E-state index in [0.29, 0.717) is 18.3 Å². The Morgan fingerprint density at radius 2 is 2.26 bits per heavy atom. The van der Waals surface area contributed by atoms with Gasteiger partial charge in [-0.15, -0.1) is 11.6 Å². The molecule has 1 aromatic carbocycles. The minimum absolute atomic E-state index is 0.0173. The first-order valence-electron chi connectivity index (χ1n) is 6.40. The molecule has 3 nitrogen and oxygen atoms in total. The molecule has 0 aromatic heterocycles. The van der Waals surface area contributed by atoms with Gasteiger partial charge in [0.15, 0.2) is 6.61 Å². The fourth-order valence-corrected chi connectivity index (χ4v) is 2.82. The quantitative estimate of drug-likeness (QED) is 0.758. The van der Waals surface area contributed by atoms with Crippen molar-refractivity contribution >= 4 is 39.1 Å². The molecule has 1 atom stereocenters. The molecule has 1 unspecified atom stereocenters. The van der Waals surface area contributed by atoms with Crippen molar-refractivity contribution in [3.63, 3.8) is 0 Å². The van der Waals surface area contributed by atoms with Crippen LogP contribution < -0.4 is 9.64 Å². The zero-order valence-electron chi connectivity index (χ0n) is 10.9. The van der Waals surface area contributed by atoms with E-state index in [4.69, 9.17) is 16.3 Å². The Kier molecular flexibility index (Phi) is 5.11. The SMILES string of the molecule is CC(CCCl)CCN1C(=O)COc2ccc(Br)cc21. The predicted molar refractivity (Wildman–Crippen MR) is 81.1 cm³/mol. The molecule has 0 spiro atoms. The minimum atomic E-state index is 0.0173. The van der Waals surface area contributed by atoms with Gasteiger partial charge in [-0.3, -0.25) is 4.79 Å². The summed E-state index contributed by atoms with van der Waals surface area (Å²) >= 11 is 9.17. The van der Waals surface area contributed by atoms with E-state index in [1.165, 1.54) is 0 Å². The first-order valence-corrected chi connectivity index (χ1v) is 7.73. The van der Waals surface area contributed by atoms with E-state index in [2.05, 4.69) is 22.9 Å². The molecule has 1 aliphatic heterocycles. The molecule has 0 fully saturated rings. The first kappa shape index (κ1) is 14.7. The molecule has 0 saturated carbocycles. The number of hydrogen-bond acceptors (Lipinski definition) is 2. The summed E-state index contributed by atoms with van der Waals surface area (Å²) in [7, 11) is 0. The molecule has 5 heteroatoms. The average molecular weight is 347 g/mol. The third kappa shape index (κ3) is 3.63. The average Bonchev–Trinajstić information content (AvgIpc) is 2.38. The van der Waals surface area contributed by atoms with Gasteiger partial charge in [0.25, 0.3) is 5.91 Å². The lowest BCUT2D eigenvalue weighted by Gasteiger charge is -2.30. The number of rotatable bonds is 5. The minimum Gasteiger partial charge on any atom is -0.482 e. The second kappa shape index (κ2) is 6.62. The van der Waals surface area contributed by atoms with Gasteiger partial charge in [0.05, 0.1) is 5.69 Å². The number of fused-ring (bicyclic) bond motifs is 1. The van der Waals surface area contributed by atoms with Crippen molar-refractivity contribution in [2.24, 2.45) is 5.92 Å². The summed E-state index contributed by atoms with van der Waals surface area (Å²) in [6, 6.07) is 5.74. The van der Waals surface area contributed by atoms with Gasteiger partial charge in [0.1, 0.15) is 5.75 Å². The number of benzene rings is 1. The van der Waals surface area contributed by atoms with Crippen LogP contribution in [0.15, 0.2) is 22.7 Å². The fourth-order valence-electron chi connectivity index (χ4n) is 2.10. The van der Waals surface area contributed by atoms with Crippen molar-refractivity contribution in [2.75, 3.05) is 23.9 Å². The van der Waals surface area contributed by atoms with Crippen molar-refractivity contribution in [1.82, 2.24) is 0 Å². The zero-order chi connectivity index (χ0) is 13.8. The molecule has 19 heavy (non-hydrogen) atoms. The Bertz CT molecular complexity index is 467. The number of carbonyl (C=O) groups is 1. The number of halogens is 2. The number of amides is 1. The van der Waals surface area contributed by atoms with E-state index in [0.717, 1.165) is 28.8 Å². The molecule has 0 saturated heterocycles. The van der Waals surface area contributed by atoms with Crippen LogP contribution in [0.4, 0.5) is 5.69 Å². The van der Waals surface area contributed by atoms with Crippen molar-refractivity contribution in [1.29, 1.82) is 0 Å². The molecule has 0 bridgehead atoms. The highest BCUT2D eigenvalue weighted by Gasteiger charge is 2.25. The van der Waals surface area contributed by atoms with Gasteiger partial charge >= 0.3 is 0 Å². The number of carbonyl (C=O) groups excluding carboxylic acids is 1. The van der Waals surface area contributed by atoms with E-state index in [1.54, 1.807) is 0 Å². The molecule has 0 N–H and O–H groups in total. The van der Waals surface area contributed by atoms with Crippen LogP contribution in [-0.2, 0) is 4.79 Å². The van der Waals surface area contributed by atoms with Gasteiger partial charge in [-0.1, -0.05) is 22.9 Å². The Balaban J connectivity index is 2.11. The van der Waals surface area contributed by atoms with Crippen molar-refractivity contribution in [3.8, 4) is 5.75 Å². The molecule has 0 aliphatic carbocycles. The van der Waals surface area contributed by atoms with E-state index >= 15 is 0 Å². The van der Waals surface area contributed by atoms with E-state index in [9.17, 15) is 4.79 Å². The monoisotopic (exact) mass is 345 g/mol. The van der Waals surface area contributed by atoms with Crippen LogP contribution in [0, 0.1) is 5.92 Å². The number of anilines is 1. The maximum absolute atomic E-state index is 12.0. The summed E-state index contributed by atoms with van der Waals surface area (Å²) in [4.78, 5) is 13.8. The molecular weight excluding hydrogens is 330 g/mol. The van der Waals surface area contributed by atoms with E-state index in [-0.39, 0.29) is 12.5 Å². The van der Waals surface area contributed by atoms with Crippen LogP contribution in [0.1, 0.15) is 19.8 Å². The molecule has 104 valence electrons. The molecule has 2 rings (SSSR count). The van der Waals surface area contributed by atoms with Crippen LogP contribution in [-0.4, -0.2) is 24.9 Å². The number of hydrogen-bond donors (Lipinski definition) is 0. The molecule has 1 aromatic rings. The Morgan fingerprint density at radius 1 is 1.47 bits per heavy atom. The second-order valence-electron chi connectivity index (χ2n) is 4.82. The summed E-state index contributed by atoms with van der Waals surface area (Å²) in [5.41, 5.74) is 0.851. The summed E-state index contributed by atoms with van der Waals surface area (Å²) in [5.74, 6) is 1.97. The number of alkyl halides is 1. The largest absolute Gasteiger partial charge is 0.482 e. The third-order valence-corrected chi connectivity index (χ3v) is 4.02. The van der Waals surface area contributed by atoms with E-state index < -0.39 is 0 Å². The summed E-state index contributed by atoms with van der Waals surface area (Å²) < 4.78 is 6.39. The predicted octanol–water partition coefficient (Wildman–Crippen LogP) is 3.83.